The Hall–Kier alpha value is 0.200. The molecule has 1 aliphatic heterocycles. The molecule has 0 N–H and O–H groups in total. The smallest absolute Gasteiger partial charge is 0.134 e. The summed E-state index contributed by atoms with van der Waals surface area (Å²) in [6.45, 7) is 2.75. The third kappa shape index (κ3) is 1.61. The molecular weight excluding hydrogens is 129 g/mol. The van der Waals surface area contributed by atoms with Gasteiger partial charge in [-0.3, -0.25) is 0 Å². The number of nitrogens with zero attached hydrogens (tertiary/aromatic N) is 1. The van der Waals surface area contributed by atoms with Gasteiger partial charge in [0.2, 0.25) is 0 Å². The lowest BCUT2D eigenvalue weighted by molar-refractivity contribution is 0.0762. The van der Waals surface area contributed by atoms with Crippen molar-refractivity contribution >= 4 is 12.3 Å². The molecule has 48 valence electrons. The maximum absolute atomic E-state index is 11.7. The van der Waals surface area contributed by atoms with Gasteiger partial charge in [-0.2, -0.15) is 0 Å². The second-order valence-electron chi connectivity index (χ2n) is 1.61. The van der Waals surface area contributed by atoms with Crippen LogP contribution < -0.4 is 0 Å². The summed E-state index contributed by atoms with van der Waals surface area (Å²) in [5.41, 5.74) is 0. The number of hydrogen-bond donors (Lipinski definition) is 0. The molecule has 0 radical (unpaired) electrons. The Bertz CT molecular complexity index is 67.1. The van der Waals surface area contributed by atoms with E-state index in [1.165, 1.54) is 0 Å². The third-order valence-electron chi connectivity index (χ3n) is 1.07. The van der Waals surface area contributed by atoms with Gasteiger partial charge in [0.1, 0.15) is 12.3 Å². The van der Waals surface area contributed by atoms with Crippen LogP contribution in [0.5, 0.6) is 0 Å². The predicted octanol–water partition coefficient (Wildman–Crippen LogP) is 0.851. The van der Waals surface area contributed by atoms with Crippen molar-refractivity contribution in [1.29, 1.82) is 0 Å². The Balaban J connectivity index is 2.13. The Kier molecular flexibility index (Phi) is 2.58. The van der Waals surface area contributed by atoms with Crippen LogP contribution in [0.1, 0.15) is 0 Å². The molecule has 1 fully saturated rings. The van der Waals surface area contributed by atoms with Crippen LogP contribution in [-0.2, 0) is 4.74 Å². The zero-order valence-electron chi connectivity index (χ0n) is 4.47. The molecule has 8 heavy (non-hydrogen) atoms. The fourth-order valence-corrected chi connectivity index (χ4v) is 0.903. The van der Waals surface area contributed by atoms with E-state index in [0.717, 1.165) is 0 Å². The molecule has 0 aromatic heterocycles. The molecule has 1 heterocycles. The minimum Gasteiger partial charge on any atom is -0.379 e. The predicted molar refractivity (Wildman–Crippen MR) is 31.1 cm³/mol. The quantitative estimate of drug-likeness (QED) is 0.497. The molecule has 2 nitrogen and oxygen atoms in total. The van der Waals surface area contributed by atoms with Crippen molar-refractivity contribution in [2.75, 3.05) is 26.3 Å². The lowest BCUT2D eigenvalue weighted by Gasteiger charge is -2.20. The fourth-order valence-electron chi connectivity index (χ4n) is 0.616. The van der Waals surface area contributed by atoms with Gasteiger partial charge in [0.05, 0.1) is 13.2 Å². The molecule has 0 aliphatic carbocycles. The van der Waals surface area contributed by atoms with Crippen LogP contribution in [0.2, 0.25) is 0 Å². The monoisotopic (exact) mass is 137 g/mol. The van der Waals surface area contributed by atoms with Gasteiger partial charge in [-0.15, -0.1) is 3.89 Å². The highest BCUT2D eigenvalue weighted by Gasteiger charge is 2.09. The van der Waals surface area contributed by atoms with E-state index in [9.17, 15) is 3.89 Å². The van der Waals surface area contributed by atoms with E-state index in [0.29, 0.717) is 38.6 Å². The number of halogens is 1. The Labute approximate surface area is 52.4 Å². The average molecular weight is 137 g/mol. The number of morpholine rings is 1. The van der Waals surface area contributed by atoms with Crippen LogP contribution in [0.3, 0.4) is 0 Å². The van der Waals surface area contributed by atoms with E-state index in [2.05, 4.69) is 0 Å². The molecule has 4 heteroatoms. The molecule has 0 atom stereocenters. The highest BCUT2D eigenvalue weighted by molar-refractivity contribution is 7.91. The molecule has 1 rings (SSSR count). The van der Waals surface area contributed by atoms with Gasteiger partial charge >= 0.3 is 0 Å². The molecule has 1 aliphatic rings. The first kappa shape index (κ1) is 6.32. The van der Waals surface area contributed by atoms with Crippen molar-refractivity contribution in [2.45, 2.75) is 0 Å². The topological polar surface area (TPSA) is 12.5 Å². The number of rotatable bonds is 1. The van der Waals surface area contributed by atoms with E-state index < -0.39 is 0 Å². The van der Waals surface area contributed by atoms with Crippen LogP contribution >= 0.6 is 12.3 Å². The van der Waals surface area contributed by atoms with Crippen LogP contribution in [-0.4, -0.2) is 30.6 Å². The minimum atomic E-state index is 0.299. The van der Waals surface area contributed by atoms with Gasteiger partial charge < -0.3 is 4.74 Å². The van der Waals surface area contributed by atoms with Crippen LogP contribution in [0.15, 0.2) is 0 Å². The van der Waals surface area contributed by atoms with E-state index in [-0.39, 0.29) is 0 Å². The van der Waals surface area contributed by atoms with Crippen LogP contribution in [0.25, 0.3) is 0 Å². The second kappa shape index (κ2) is 3.27. The van der Waals surface area contributed by atoms with E-state index >= 15 is 0 Å². The zero-order chi connectivity index (χ0) is 5.82. The summed E-state index contributed by atoms with van der Waals surface area (Å²) < 4.78 is 18.3. The summed E-state index contributed by atoms with van der Waals surface area (Å²) in [5.74, 6) is 0. The van der Waals surface area contributed by atoms with Crippen molar-refractivity contribution < 1.29 is 8.62 Å². The summed E-state index contributed by atoms with van der Waals surface area (Å²) in [6, 6.07) is 0. The van der Waals surface area contributed by atoms with Crippen molar-refractivity contribution in [2.24, 2.45) is 0 Å². The average Bonchev–Trinajstić information content (AvgIpc) is 1.90. The molecule has 0 spiro atoms. The van der Waals surface area contributed by atoms with Gasteiger partial charge in [-0.25, -0.2) is 4.31 Å². The minimum absolute atomic E-state index is 0.299. The Morgan fingerprint density at radius 1 is 1.38 bits per heavy atom. The van der Waals surface area contributed by atoms with Crippen LogP contribution in [0.4, 0.5) is 3.89 Å². The molecular formula is C4H8FNOS. The van der Waals surface area contributed by atoms with Crippen molar-refractivity contribution in [3.63, 3.8) is 0 Å². The standard InChI is InChI=1S/C4H8FNOS/c5-8-6-1-3-7-4-2-6/h1-4H2. The van der Waals surface area contributed by atoms with E-state index in [4.69, 9.17) is 4.74 Å². The first-order chi connectivity index (χ1) is 3.93. The summed E-state index contributed by atoms with van der Waals surface area (Å²) in [4.78, 5) is 0. The lowest BCUT2D eigenvalue weighted by Crippen LogP contribution is -2.30. The highest BCUT2D eigenvalue weighted by atomic mass is 32.2. The van der Waals surface area contributed by atoms with E-state index in [1.54, 1.807) is 4.31 Å². The maximum atomic E-state index is 11.7. The molecule has 0 saturated carbocycles. The normalized spacial score (nSPS) is 23.6. The van der Waals surface area contributed by atoms with Gasteiger partial charge in [-0.1, -0.05) is 0 Å². The van der Waals surface area contributed by atoms with Gasteiger partial charge in [0.25, 0.3) is 0 Å². The van der Waals surface area contributed by atoms with E-state index in [1.807, 2.05) is 0 Å². The molecule has 1 saturated heterocycles. The highest BCUT2D eigenvalue weighted by Crippen LogP contribution is 2.11. The summed E-state index contributed by atoms with van der Waals surface area (Å²) in [7, 11) is 0. The number of ether oxygens (including phenoxy) is 1. The zero-order valence-corrected chi connectivity index (χ0v) is 5.29. The summed E-state index contributed by atoms with van der Waals surface area (Å²) in [5, 5.41) is 0. The Morgan fingerprint density at radius 3 is 2.38 bits per heavy atom. The molecule has 0 unspecified atom stereocenters. The van der Waals surface area contributed by atoms with Crippen molar-refractivity contribution in [3.05, 3.63) is 0 Å². The number of hydrogen-bond acceptors (Lipinski definition) is 3. The van der Waals surface area contributed by atoms with Crippen molar-refractivity contribution in [1.82, 2.24) is 4.31 Å². The second-order valence-corrected chi connectivity index (χ2v) is 2.26. The van der Waals surface area contributed by atoms with Crippen molar-refractivity contribution in [3.8, 4) is 0 Å². The maximum Gasteiger partial charge on any atom is 0.134 e. The largest absolute Gasteiger partial charge is 0.379 e. The van der Waals surface area contributed by atoms with Gasteiger partial charge in [0.15, 0.2) is 0 Å². The fraction of sp³-hybridized carbons (Fsp3) is 1.00. The summed E-state index contributed by atoms with van der Waals surface area (Å²) >= 11 is 0.299. The molecule has 0 aromatic carbocycles. The Morgan fingerprint density at radius 2 is 2.00 bits per heavy atom. The lowest BCUT2D eigenvalue weighted by atomic mass is 10.5. The SMILES string of the molecule is FSN1CCOCC1. The molecule has 0 aromatic rings. The molecule has 0 amide bonds. The van der Waals surface area contributed by atoms with Gasteiger partial charge in [-0.05, 0) is 0 Å². The third-order valence-corrected chi connectivity index (χ3v) is 1.63. The summed E-state index contributed by atoms with van der Waals surface area (Å²) in [6.07, 6.45) is 0. The molecule has 0 bridgehead atoms. The van der Waals surface area contributed by atoms with Gasteiger partial charge in [0, 0.05) is 13.1 Å². The first-order valence-electron chi connectivity index (χ1n) is 2.55. The first-order valence-corrected chi connectivity index (χ1v) is 3.22. The van der Waals surface area contributed by atoms with Crippen LogP contribution in [0, 0.1) is 0 Å².